The van der Waals surface area contributed by atoms with Crippen LogP contribution in [-0.2, 0) is 10.0 Å². The first-order valence-electron chi connectivity index (χ1n) is 6.94. The van der Waals surface area contributed by atoms with Crippen LogP contribution in [0.5, 0.6) is 11.6 Å². The molecule has 0 saturated carbocycles. The van der Waals surface area contributed by atoms with Crippen LogP contribution in [0, 0.1) is 0 Å². The maximum absolute atomic E-state index is 12.3. The Kier molecular flexibility index (Phi) is 5.57. The quantitative estimate of drug-likeness (QED) is 0.601. The first kappa shape index (κ1) is 18.9. The summed E-state index contributed by atoms with van der Waals surface area (Å²) in [5.41, 5.74) is 5.10. The third kappa shape index (κ3) is 4.16. The molecular formula is C14H15N5O6S. The predicted octanol–water partition coefficient (Wildman–Crippen LogP) is 0.399. The van der Waals surface area contributed by atoms with Crippen LogP contribution in [0.3, 0.4) is 0 Å². The SMILES string of the molecule is COc1cc(NC(=O)NS(=O)(=O)c2nccc(N)c2C=O)nc(OC)c1. The number of methoxy groups -OCH3 is 2. The number of hydrogen-bond donors (Lipinski definition) is 3. The number of nitrogen functional groups attached to an aromatic ring is 1. The van der Waals surface area contributed by atoms with Crippen molar-refractivity contribution in [2.24, 2.45) is 0 Å². The van der Waals surface area contributed by atoms with E-state index >= 15 is 0 Å². The number of amides is 2. The Morgan fingerprint density at radius 2 is 2.00 bits per heavy atom. The van der Waals surface area contributed by atoms with Crippen LogP contribution in [0.25, 0.3) is 0 Å². The first-order valence-corrected chi connectivity index (χ1v) is 8.42. The summed E-state index contributed by atoms with van der Waals surface area (Å²) in [6.45, 7) is 0. The molecule has 0 aliphatic carbocycles. The van der Waals surface area contributed by atoms with Crippen molar-refractivity contribution in [3.05, 3.63) is 30.0 Å². The van der Waals surface area contributed by atoms with Gasteiger partial charge in [0.2, 0.25) is 5.88 Å². The molecule has 26 heavy (non-hydrogen) atoms. The summed E-state index contributed by atoms with van der Waals surface area (Å²) >= 11 is 0. The molecule has 0 unspecified atom stereocenters. The Labute approximate surface area is 148 Å². The standard InChI is InChI=1S/C14H15N5O6S/c1-24-8-5-11(17-12(6-8)25-2)18-14(21)19-26(22,23)13-9(7-20)10(15)3-4-16-13/h3-7H,1-2H3,(H2,15,16)(H2,17,18,19,21). The van der Waals surface area contributed by atoms with Crippen LogP contribution < -0.4 is 25.2 Å². The molecule has 2 aromatic heterocycles. The highest BCUT2D eigenvalue weighted by Gasteiger charge is 2.24. The van der Waals surface area contributed by atoms with Crippen LogP contribution in [0.2, 0.25) is 0 Å². The van der Waals surface area contributed by atoms with Gasteiger partial charge in [0, 0.05) is 24.0 Å². The van der Waals surface area contributed by atoms with E-state index in [1.807, 2.05) is 0 Å². The van der Waals surface area contributed by atoms with E-state index in [1.165, 1.54) is 32.4 Å². The van der Waals surface area contributed by atoms with E-state index in [-0.39, 0.29) is 29.2 Å². The molecule has 2 amide bonds. The van der Waals surface area contributed by atoms with Gasteiger partial charge in [0.1, 0.15) is 11.6 Å². The van der Waals surface area contributed by atoms with Gasteiger partial charge in [0.05, 0.1) is 19.8 Å². The fourth-order valence-electron chi connectivity index (χ4n) is 1.88. The number of sulfonamides is 1. The molecule has 0 aliphatic rings. The number of rotatable bonds is 6. The van der Waals surface area contributed by atoms with Gasteiger partial charge in [-0.15, -0.1) is 0 Å². The lowest BCUT2D eigenvalue weighted by molar-refractivity contribution is 0.112. The van der Waals surface area contributed by atoms with Crippen molar-refractivity contribution in [2.75, 3.05) is 25.3 Å². The van der Waals surface area contributed by atoms with Crippen molar-refractivity contribution in [1.29, 1.82) is 0 Å². The number of ether oxygens (including phenoxy) is 2. The summed E-state index contributed by atoms with van der Waals surface area (Å²) in [6.07, 6.45) is 1.34. The van der Waals surface area contributed by atoms with Gasteiger partial charge in [-0.1, -0.05) is 0 Å². The first-order chi connectivity index (χ1) is 12.3. The molecule has 0 fully saturated rings. The summed E-state index contributed by atoms with van der Waals surface area (Å²) < 4.78 is 36.3. The number of urea groups is 1. The fraction of sp³-hybridized carbons (Fsp3) is 0.143. The summed E-state index contributed by atoms with van der Waals surface area (Å²) in [5, 5.41) is 1.55. The summed E-state index contributed by atoms with van der Waals surface area (Å²) in [7, 11) is -1.69. The van der Waals surface area contributed by atoms with Gasteiger partial charge in [-0.3, -0.25) is 10.1 Å². The average Bonchev–Trinajstić information content (AvgIpc) is 2.60. The minimum atomic E-state index is -4.45. The van der Waals surface area contributed by atoms with Crippen LogP contribution in [0.1, 0.15) is 10.4 Å². The van der Waals surface area contributed by atoms with Gasteiger partial charge in [-0.2, -0.15) is 13.4 Å². The number of carbonyl (C=O) groups is 2. The second kappa shape index (κ2) is 7.65. The van der Waals surface area contributed by atoms with E-state index < -0.39 is 21.1 Å². The number of nitrogens with one attached hydrogen (secondary N) is 2. The maximum atomic E-state index is 12.3. The van der Waals surface area contributed by atoms with E-state index in [9.17, 15) is 18.0 Å². The van der Waals surface area contributed by atoms with E-state index in [0.29, 0.717) is 5.75 Å². The van der Waals surface area contributed by atoms with Gasteiger partial charge >= 0.3 is 6.03 Å². The number of aldehydes is 1. The monoisotopic (exact) mass is 381 g/mol. The van der Waals surface area contributed by atoms with Crippen LogP contribution in [0.4, 0.5) is 16.3 Å². The molecule has 2 aromatic rings. The molecule has 0 bridgehead atoms. The molecule has 0 aliphatic heterocycles. The number of carbonyl (C=O) groups excluding carboxylic acids is 2. The average molecular weight is 381 g/mol. The smallest absolute Gasteiger partial charge is 0.334 e. The van der Waals surface area contributed by atoms with Gasteiger partial charge < -0.3 is 15.2 Å². The van der Waals surface area contributed by atoms with Crippen LogP contribution in [-0.4, -0.2) is 44.9 Å². The molecule has 0 saturated heterocycles. The Bertz CT molecular complexity index is 925. The Balaban J connectivity index is 2.25. The lowest BCUT2D eigenvalue weighted by Gasteiger charge is -2.11. The molecule has 2 rings (SSSR count). The topological polar surface area (TPSA) is 163 Å². The summed E-state index contributed by atoms with van der Waals surface area (Å²) in [5.74, 6) is 0.448. The van der Waals surface area contributed by atoms with Crippen molar-refractivity contribution in [3.63, 3.8) is 0 Å². The van der Waals surface area contributed by atoms with Crippen LogP contribution in [0.15, 0.2) is 29.4 Å². The zero-order chi connectivity index (χ0) is 19.3. The number of nitrogens with zero attached hydrogens (tertiary/aromatic N) is 2. The number of pyridine rings is 2. The highest BCUT2D eigenvalue weighted by molar-refractivity contribution is 7.90. The van der Waals surface area contributed by atoms with Crippen LogP contribution >= 0.6 is 0 Å². The Morgan fingerprint density at radius 1 is 1.27 bits per heavy atom. The third-order valence-electron chi connectivity index (χ3n) is 3.05. The zero-order valence-corrected chi connectivity index (χ0v) is 14.5. The molecule has 4 N–H and O–H groups in total. The molecule has 12 heteroatoms. The number of nitrogens with two attached hydrogens (primary N) is 1. The molecule has 0 aromatic carbocycles. The summed E-state index contributed by atoms with van der Waals surface area (Å²) in [6, 6.07) is 2.95. The molecule has 0 atom stereocenters. The van der Waals surface area contributed by atoms with Crippen molar-refractivity contribution >= 4 is 33.8 Å². The van der Waals surface area contributed by atoms with Gasteiger partial charge in [0.25, 0.3) is 10.0 Å². The van der Waals surface area contributed by atoms with Gasteiger partial charge in [0.15, 0.2) is 11.3 Å². The number of hydrogen-bond acceptors (Lipinski definition) is 9. The van der Waals surface area contributed by atoms with E-state index in [1.54, 1.807) is 4.72 Å². The van der Waals surface area contributed by atoms with E-state index in [2.05, 4.69) is 15.3 Å². The van der Waals surface area contributed by atoms with Crippen molar-refractivity contribution in [1.82, 2.24) is 14.7 Å². The minimum Gasteiger partial charge on any atom is -0.496 e. The second-order valence-electron chi connectivity index (χ2n) is 4.73. The highest BCUT2D eigenvalue weighted by atomic mass is 32.2. The molecule has 11 nitrogen and oxygen atoms in total. The lowest BCUT2D eigenvalue weighted by atomic mass is 10.3. The molecule has 2 heterocycles. The largest absolute Gasteiger partial charge is 0.496 e. The van der Waals surface area contributed by atoms with Crippen molar-refractivity contribution < 1.29 is 27.5 Å². The Hall–Kier alpha value is -3.41. The van der Waals surface area contributed by atoms with E-state index in [4.69, 9.17) is 15.2 Å². The second-order valence-corrected chi connectivity index (χ2v) is 6.33. The summed E-state index contributed by atoms with van der Waals surface area (Å²) in [4.78, 5) is 30.6. The van der Waals surface area contributed by atoms with Crippen molar-refractivity contribution in [2.45, 2.75) is 5.03 Å². The van der Waals surface area contributed by atoms with Gasteiger partial charge in [-0.05, 0) is 6.07 Å². The predicted molar refractivity (Wildman–Crippen MR) is 90.7 cm³/mol. The number of aromatic nitrogens is 2. The molecule has 138 valence electrons. The molecular weight excluding hydrogens is 366 g/mol. The van der Waals surface area contributed by atoms with Crippen molar-refractivity contribution in [3.8, 4) is 11.6 Å². The lowest BCUT2D eigenvalue weighted by Crippen LogP contribution is -2.35. The molecule has 0 radical (unpaired) electrons. The highest BCUT2D eigenvalue weighted by Crippen LogP contribution is 2.22. The third-order valence-corrected chi connectivity index (χ3v) is 4.34. The van der Waals surface area contributed by atoms with E-state index in [0.717, 1.165) is 6.20 Å². The maximum Gasteiger partial charge on any atom is 0.334 e. The molecule has 0 spiro atoms. The number of anilines is 2. The minimum absolute atomic E-state index is 0.0231. The normalized spacial score (nSPS) is 10.7. The van der Waals surface area contributed by atoms with Gasteiger partial charge in [-0.25, -0.2) is 14.5 Å². The Morgan fingerprint density at radius 3 is 2.62 bits per heavy atom. The zero-order valence-electron chi connectivity index (χ0n) is 13.7. The fourth-order valence-corrected chi connectivity index (χ4v) is 2.93.